The molecule has 1 saturated heterocycles. The number of aliphatic hydroxyl groups is 2. The topological polar surface area (TPSA) is 106 Å². The Morgan fingerprint density at radius 1 is 0.795 bits per heavy atom. The first-order valence-corrected chi connectivity index (χ1v) is 19.3. The number of hydrogen-bond donors (Lipinski definition) is 3. The molecule has 1 aliphatic heterocycles. The lowest BCUT2D eigenvalue weighted by Crippen LogP contribution is -2.68. The summed E-state index contributed by atoms with van der Waals surface area (Å²) < 4.78 is 25.5. The molecule has 1 heterocycles. The average Bonchev–Trinajstić information content (AvgIpc) is 2.73. The summed E-state index contributed by atoms with van der Waals surface area (Å²) in [5, 5.41) is 25.4. The van der Waals surface area contributed by atoms with Crippen LogP contribution in [0.3, 0.4) is 0 Å². The highest BCUT2D eigenvalue weighted by Crippen LogP contribution is 2.46. The van der Waals surface area contributed by atoms with Gasteiger partial charge in [0.25, 0.3) is 0 Å². The van der Waals surface area contributed by atoms with Crippen LogP contribution >= 0.6 is 0 Å². The first-order chi connectivity index (χ1) is 17.6. The van der Waals surface area contributed by atoms with Crippen molar-refractivity contribution in [3.8, 4) is 0 Å². The molecule has 0 aliphatic carbocycles. The largest absolute Gasteiger partial charge is 0.444 e. The molecule has 10 heteroatoms. The van der Waals surface area contributed by atoms with Gasteiger partial charge in [-0.15, -0.1) is 0 Å². The van der Waals surface area contributed by atoms with Gasteiger partial charge in [-0.3, -0.25) is 0 Å². The Morgan fingerprint density at radius 2 is 1.21 bits per heavy atom. The molecule has 0 saturated carbocycles. The van der Waals surface area contributed by atoms with E-state index in [1.54, 1.807) is 20.8 Å². The fourth-order valence-corrected chi connectivity index (χ4v) is 18.2. The minimum atomic E-state index is -2.48. The van der Waals surface area contributed by atoms with Crippen LogP contribution in [0.25, 0.3) is 0 Å². The Bertz CT molecular complexity index is 724. The van der Waals surface area contributed by atoms with E-state index in [4.69, 9.17) is 18.3 Å². The molecule has 3 N–H and O–H groups in total. The molecule has 1 amide bonds. The third-order valence-corrected chi connectivity index (χ3v) is 20.8. The number of ether oxygens (including phenoxy) is 2. The van der Waals surface area contributed by atoms with Gasteiger partial charge in [0.2, 0.25) is 8.32 Å². The molecule has 39 heavy (non-hydrogen) atoms. The van der Waals surface area contributed by atoms with E-state index >= 15 is 0 Å². The molecule has 5 atom stereocenters. The highest BCUT2D eigenvalue weighted by Gasteiger charge is 2.54. The number of amides is 1. The summed E-state index contributed by atoms with van der Waals surface area (Å²) in [6, 6.07) is -1.11. The van der Waals surface area contributed by atoms with Crippen LogP contribution in [0.5, 0.6) is 0 Å². The minimum absolute atomic E-state index is 0.206. The van der Waals surface area contributed by atoms with Gasteiger partial charge in [-0.1, -0.05) is 83.1 Å². The fourth-order valence-electron chi connectivity index (χ4n) is 7.18. The molecular formula is C29H61NO7Si2. The van der Waals surface area contributed by atoms with Gasteiger partial charge in [0.05, 0.1) is 6.61 Å². The highest BCUT2D eigenvalue weighted by molar-refractivity contribution is 6.78. The molecule has 0 aromatic carbocycles. The molecule has 1 aliphatic rings. The van der Waals surface area contributed by atoms with Crippen LogP contribution < -0.4 is 5.32 Å². The Hall–Kier alpha value is -0.496. The van der Waals surface area contributed by atoms with Crippen LogP contribution in [0.1, 0.15) is 104 Å². The van der Waals surface area contributed by atoms with E-state index in [2.05, 4.69) is 88.4 Å². The Kier molecular flexibility index (Phi) is 13.2. The van der Waals surface area contributed by atoms with Crippen molar-refractivity contribution < 1.29 is 33.3 Å². The van der Waals surface area contributed by atoms with Gasteiger partial charge in [-0.2, -0.15) is 0 Å². The van der Waals surface area contributed by atoms with Crippen molar-refractivity contribution in [2.75, 3.05) is 6.61 Å². The molecule has 0 aromatic heterocycles. The molecule has 1 fully saturated rings. The van der Waals surface area contributed by atoms with E-state index in [9.17, 15) is 15.0 Å². The summed E-state index contributed by atoms with van der Waals surface area (Å²) in [5.41, 5.74) is 1.18. The van der Waals surface area contributed by atoms with Gasteiger partial charge in [0.1, 0.15) is 30.0 Å². The van der Waals surface area contributed by atoms with E-state index in [0.29, 0.717) is 16.6 Å². The van der Waals surface area contributed by atoms with Crippen LogP contribution in [0.2, 0.25) is 33.2 Å². The number of carbonyl (C=O) groups excluding carboxylic acids is 1. The third-order valence-electron chi connectivity index (χ3n) is 8.63. The molecule has 0 spiro atoms. The van der Waals surface area contributed by atoms with E-state index in [0.717, 1.165) is 0 Å². The van der Waals surface area contributed by atoms with Gasteiger partial charge >= 0.3 is 6.09 Å². The predicted molar refractivity (Wildman–Crippen MR) is 163 cm³/mol. The lowest BCUT2D eigenvalue weighted by Gasteiger charge is -2.51. The molecule has 1 rings (SSSR count). The fraction of sp³-hybridized carbons (Fsp3) is 0.966. The first kappa shape index (κ1) is 36.5. The quantitative estimate of drug-likeness (QED) is 0.217. The Morgan fingerprint density at radius 3 is 1.56 bits per heavy atom. The first-order valence-electron chi connectivity index (χ1n) is 15.0. The smallest absolute Gasteiger partial charge is 0.408 e. The maximum absolute atomic E-state index is 12.6. The molecule has 1 unspecified atom stereocenters. The lowest BCUT2D eigenvalue weighted by molar-refractivity contribution is -0.249. The molecule has 232 valence electrons. The van der Waals surface area contributed by atoms with Crippen molar-refractivity contribution >= 4 is 22.7 Å². The van der Waals surface area contributed by atoms with Crippen molar-refractivity contribution in [1.29, 1.82) is 0 Å². The minimum Gasteiger partial charge on any atom is -0.444 e. The molecule has 0 aromatic rings. The van der Waals surface area contributed by atoms with Gasteiger partial charge in [0.15, 0.2) is 14.6 Å². The summed E-state index contributed by atoms with van der Waals surface area (Å²) >= 11 is 0. The summed E-state index contributed by atoms with van der Waals surface area (Å²) in [6.45, 7) is 32.0. The average molecular weight is 592 g/mol. The van der Waals surface area contributed by atoms with Crippen molar-refractivity contribution in [1.82, 2.24) is 5.32 Å². The van der Waals surface area contributed by atoms with Crippen molar-refractivity contribution in [3.05, 3.63) is 0 Å². The summed E-state index contributed by atoms with van der Waals surface area (Å²) in [4.78, 5) is 12.6. The maximum Gasteiger partial charge on any atom is 0.408 e. The van der Waals surface area contributed by atoms with E-state index in [1.807, 2.05) is 0 Å². The predicted octanol–water partition coefficient (Wildman–Crippen LogP) is 6.71. The standard InChI is InChI=1S/C29H61NO7Si2/c1-17(2)38(18(3)4,19(5)6)34-16-23-26(37-39(20(7)8,21(9)10)22(11)12)25(31)24(27(32)35-23)30-28(33)36-29(13,14)15/h17-27,31-32H,16H2,1-15H3,(H,30,33)/t23-,24-,25+,26-,27?/m0/s1. The number of alkyl carbamates (subject to hydrolysis) is 1. The molecule has 0 radical (unpaired) electrons. The van der Waals surface area contributed by atoms with Crippen LogP contribution in [0.4, 0.5) is 4.79 Å². The Labute approximate surface area is 241 Å². The zero-order valence-corrected chi connectivity index (χ0v) is 29.5. The Balaban J connectivity index is 3.51. The van der Waals surface area contributed by atoms with E-state index in [-0.39, 0.29) is 23.2 Å². The summed E-state index contributed by atoms with van der Waals surface area (Å²) in [6.07, 6.45) is -4.87. The van der Waals surface area contributed by atoms with Gasteiger partial charge in [0, 0.05) is 0 Å². The number of aliphatic hydroxyl groups excluding tert-OH is 2. The zero-order valence-electron chi connectivity index (χ0n) is 27.5. The van der Waals surface area contributed by atoms with Gasteiger partial charge < -0.3 is 33.9 Å². The zero-order chi connectivity index (χ0) is 30.7. The van der Waals surface area contributed by atoms with Crippen molar-refractivity contribution in [2.45, 2.75) is 173 Å². The van der Waals surface area contributed by atoms with Gasteiger partial charge in [-0.05, 0) is 54.0 Å². The second-order valence-electron chi connectivity index (χ2n) is 14.3. The molecule has 8 nitrogen and oxygen atoms in total. The normalized spacial score (nSPS) is 25.5. The molecular weight excluding hydrogens is 530 g/mol. The molecule has 0 bridgehead atoms. The van der Waals surface area contributed by atoms with Crippen molar-refractivity contribution in [3.63, 3.8) is 0 Å². The van der Waals surface area contributed by atoms with E-state index in [1.165, 1.54) is 0 Å². The van der Waals surface area contributed by atoms with Crippen LogP contribution in [0, 0.1) is 0 Å². The number of rotatable bonds is 12. The third kappa shape index (κ3) is 8.29. The second-order valence-corrected chi connectivity index (χ2v) is 25.1. The summed E-state index contributed by atoms with van der Waals surface area (Å²) in [5.74, 6) is 0. The maximum atomic E-state index is 12.6. The van der Waals surface area contributed by atoms with Gasteiger partial charge in [-0.25, -0.2) is 4.79 Å². The number of nitrogens with one attached hydrogen (secondary N) is 1. The number of carbonyl (C=O) groups is 1. The SMILES string of the molecule is CC(C)[Si](OC[C@@H]1OC(O)[C@@H](NC(=O)OC(C)(C)C)[C@@H](O)[C@H]1O[Si](C(C)C)(C(C)C)C(C)C)(C(C)C)C(C)C. The van der Waals surface area contributed by atoms with E-state index < -0.39 is 59.0 Å². The number of hydrogen-bond acceptors (Lipinski definition) is 7. The van der Waals surface area contributed by atoms with Crippen LogP contribution in [-0.2, 0) is 18.3 Å². The van der Waals surface area contributed by atoms with Crippen LogP contribution in [-0.4, -0.2) is 75.8 Å². The van der Waals surface area contributed by atoms with Crippen LogP contribution in [0.15, 0.2) is 0 Å². The second kappa shape index (κ2) is 14.1. The monoisotopic (exact) mass is 591 g/mol. The highest BCUT2D eigenvalue weighted by atomic mass is 28.4. The lowest BCUT2D eigenvalue weighted by atomic mass is 9.97. The summed E-state index contributed by atoms with van der Waals surface area (Å²) in [7, 11) is -4.74. The van der Waals surface area contributed by atoms with Crippen molar-refractivity contribution in [2.24, 2.45) is 0 Å².